The average Bonchev–Trinajstić information content (AvgIpc) is 2.00. The van der Waals surface area contributed by atoms with Gasteiger partial charge in [0.2, 0.25) is 0 Å². The zero-order valence-corrected chi connectivity index (χ0v) is 6.83. The minimum absolute atomic E-state index is 0.590. The molecule has 2 atom stereocenters. The van der Waals surface area contributed by atoms with Crippen LogP contribution in [0.4, 0.5) is 0 Å². The summed E-state index contributed by atoms with van der Waals surface area (Å²) in [5.41, 5.74) is 0.828. The molecule has 0 saturated carbocycles. The highest BCUT2D eigenvalue weighted by atomic mass is 16.3. The molecule has 10 heavy (non-hydrogen) atoms. The van der Waals surface area contributed by atoms with Crippen molar-refractivity contribution in [2.75, 3.05) is 0 Å². The molecule has 0 saturated heterocycles. The molecular weight excluding hydrogens is 128 g/mol. The van der Waals surface area contributed by atoms with Crippen LogP contribution in [0.1, 0.15) is 27.2 Å². The fraction of sp³-hybridized carbons (Fsp3) is 0.750. The molecule has 0 bridgehead atoms. The lowest BCUT2D eigenvalue weighted by atomic mass is 10.0. The normalized spacial score (nSPS) is 18.7. The number of aliphatic hydroxyl groups is 2. The van der Waals surface area contributed by atoms with Gasteiger partial charge < -0.3 is 10.2 Å². The number of hydrogen-bond acceptors (Lipinski definition) is 2. The van der Waals surface area contributed by atoms with E-state index in [4.69, 9.17) is 5.11 Å². The maximum absolute atomic E-state index is 9.27. The van der Waals surface area contributed by atoms with Gasteiger partial charge in [-0.15, -0.1) is 0 Å². The summed E-state index contributed by atoms with van der Waals surface area (Å²) in [5, 5.41) is 18.4. The van der Waals surface area contributed by atoms with Crippen LogP contribution >= 0.6 is 0 Å². The standard InChI is InChI=1S/C8H16O2/c1-4-6(3)8(10)7(9)5-2/h4,7-10H,5H2,1-3H3. The van der Waals surface area contributed by atoms with Gasteiger partial charge in [-0.3, -0.25) is 0 Å². The van der Waals surface area contributed by atoms with Gasteiger partial charge in [0.25, 0.3) is 0 Å². The van der Waals surface area contributed by atoms with Crippen molar-refractivity contribution in [3.8, 4) is 0 Å². The molecule has 0 rings (SSSR count). The summed E-state index contributed by atoms with van der Waals surface area (Å²) in [7, 11) is 0. The summed E-state index contributed by atoms with van der Waals surface area (Å²) in [6.07, 6.45) is 1.10. The molecule has 0 aromatic rings. The van der Waals surface area contributed by atoms with Gasteiger partial charge in [-0.2, -0.15) is 0 Å². The minimum atomic E-state index is -0.685. The van der Waals surface area contributed by atoms with Crippen LogP contribution in [-0.2, 0) is 0 Å². The number of allylic oxidation sites excluding steroid dienone is 1. The molecule has 60 valence electrons. The zero-order chi connectivity index (χ0) is 8.15. The highest BCUT2D eigenvalue weighted by Gasteiger charge is 2.14. The SMILES string of the molecule is CC=C(C)C(O)C(O)CC. The van der Waals surface area contributed by atoms with Crippen LogP contribution in [0, 0.1) is 0 Å². The summed E-state index contributed by atoms with van der Waals surface area (Å²) in [6, 6.07) is 0. The first-order chi connectivity index (χ1) is 4.63. The predicted octanol–water partition coefficient (Wildman–Crippen LogP) is 1.08. The topological polar surface area (TPSA) is 40.5 Å². The van der Waals surface area contributed by atoms with Gasteiger partial charge in [0.05, 0.1) is 6.10 Å². The van der Waals surface area contributed by atoms with Crippen molar-refractivity contribution in [3.63, 3.8) is 0 Å². The van der Waals surface area contributed by atoms with E-state index >= 15 is 0 Å². The van der Waals surface area contributed by atoms with Gasteiger partial charge in [0, 0.05) is 0 Å². The Morgan fingerprint density at radius 3 is 2.30 bits per heavy atom. The van der Waals surface area contributed by atoms with E-state index < -0.39 is 12.2 Å². The van der Waals surface area contributed by atoms with Crippen molar-refractivity contribution >= 4 is 0 Å². The monoisotopic (exact) mass is 144 g/mol. The molecule has 0 aliphatic heterocycles. The average molecular weight is 144 g/mol. The Labute approximate surface area is 62.2 Å². The Balaban J connectivity index is 3.94. The van der Waals surface area contributed by atoms with Crippen molar-refractivity contribution in [2.24, 2.45) is 0 Å². The highest BCUT2D eigenvalue weighted by molar-refractivity contribution is 5.04. The van der Waals surface area contributed by atoms with Gasteiger partial charge in [-0.25, -0.2) is 0 Å². The van der Waals surface area contributed by atoms with Gasteiger partial charge in [0.15, 0.2) is 0 Å². The van der Waals surface area contributed by atoms with Crippen LogP contribution in [0.3, 0.4) is 0 Å². The Morgan fingerprint density at radius 2 is 2.00 bits per heavy atom. The van der Waals surface area contributed by atoms with Gasteiger partial charge >= 0.3 is 0 Å². The van der Waals surface area contributed by atoms with Crippen LogP contribution < -0.4 is 0 Å². The largest absolute Gasteiger partial charge is 0.390 e. The molecule has 2 N–H and O–H groups in total. The van der Waals surface area contributed by atoms with Crippen molar-refractivity contribution in [1.29, 1.82) is 0 Å². The van der Waals surface area contributed by atoms with Crippen molar-refractivity contribution < 1.29 is 10.2 Å². The molecule has 0 aliphatic rings. The molecule has 0 aliphatic carbocycles. The second-order valence-electron chi connectivity index (χ2n) is 2.45. The van der Waals surface area contributed by atoms with Crippen molar-refractivity contribution in [2.45, 2.75) is 39.4 Å². The van der Waals surface area contributed by atoms with E-state index in [1.165, 1.54) is 0 Å². The molecule has 2 nitrogen and oxygen atoms in total. The van der Waals surface area contributed by atoms with E-state index in [9.17, 15) is 5.11 Å². The van der Waals surface area contributed by atoms with Crippen LogP contribution in [0.25, 0.3) is 0 Å². The van der Waals surface area contributed by atoms with E-state index in [0.29, 0.717) is 6.42 Å². The van der Waals surface area contributed by atoms with Crippen molar-refractivity contribution in [3.05, 3.63) is 11.6 Å². The number of hydrogen-bond donors (Lipinski definition) is 2. The highest BCUT2D eigenvalue weighted by Crippen LogP contribution is 2.07. The molecule has 2 heteroatoms. The fourth-order valence-corrected chi connectivity index (χ4v) is 0.697. The minimum Gasteiger partial charge on any atom is -0.390 e. The van der Waals surface area contributed by atoms with Crippen molar-refractivity contribution in [1.82, 2.24) is 0 Å². The van der Waals surface area contributed by atoms with E-state index in [2.05, 4.69) is 0 Å². The Bertz CT molecular complexity index is 118. The van der Waals surface area contributed by atoms with E-state index in [1.807, 2.05) is 26.8 Å². The second-order valence-corrected chi connectivity index (χ2v) is 2.45. The van der Waals surface area contributed by atoms with Gasteiger partial charge in [0.1, 0.15) is 6.10 Å². The summed E-state index contributed by atoms with van der Waals surface area (Å²) < 4.78 is 0. The zero-order valence-electron chi connectivity index (χ0n) is 6.83. The first-order valence-electron chi connectivity index (χ1n) is 3.62. The first kappa shape index (κ1) is 9.66. The molecule has 0 fully saturated rings. The van der Waals surface area contributed by atoms with Crippen LogP contribution in [0.5, 0.6) is 0 Å². The lowest BCUT2D eigenvalue weighted by Gasteiger charge is -2.16. The lowest BCUT2D eigenvalue weighted by Crippen LogP contribution is -2.25. The maximum Gasteiger partial charge on any atom is 0.101 e. The quantitative estimate of drug-likeness (QED) is 0.582. The third-order valence-corrected chi connectivity index (χ3v) is 1.70. The summed E-state index contributed by atoms with van der Waals surface area (Å²) in [5.74, 6) is 0. The summed E-state index contributed by atoms with van der Waals surface area (Å²) in [6.45, 7) is 5.50. The molecule has 2 unspecified atom stereocenters. The molecule has 0 amide bonds. The fourth-order valence-electron chi connectivity index (χ4n) is 0.697. The number of aliphatic hydroxyl groups excluding tert-OH is 2. The van der Waals surface area contributed by atoms with Crippen LogP contribution in [-0.4, -0.2) is 22.4 Å². The van der Waals surface area contributed by atoms with Gasteiger partial charge in [-0.05, 0) is 25.8 Å². The summed E-state index contributed by atoms with van der Waals surface area (Å²) >= 11 is 0. The Morgan fingerprint density at radius 1 is 1.50 bits per heavy atom. The predicted molar refractivity (Wildman–Crippen MR) is 41.7 cm³/mol. The molecule has 0 spiro atoms. The Kier molecular flexibility index (Phi) is 4.32. The van der Waals surface area contributed by atoms with E-state index in [0.717, 1.165) is 5.57 Å². The molecule has 0 heterocycles. The molecule has 0 aromatic heterocycles. The molecule has 0 radical (unpaired) electrons. The summed E-state index contributed by atoms with van der Waals surface area (Å²) in [4.78, 5) is 0. The van der Waals surface area contributed by atoms with E-state index in [-0.39, 0.29) is 0 Å². The van der Waals surface area contributed by atoms with Crippen LogP contribution in [0.2, 0.25) is 0 Å². The van der Waals surface area contributed by atoms with Gasteiger partial charge in [-0.1, -0.05) is 13.0 Å². The maximum atomic E-state index is 9.27. The Hall–Kier alpha value is -0.340. The first-order valence-corrected chi connectivity index (χ1v) is 3.62. The second kappa shape index (κ2) is 4.47. The lowest BCUT2D eigenvalue weighted by molar-refractivity contribution is 0.0397. The molecular formula is C8H16O2. The third-order valence-electron chi connectivity index (χ3n) is 1.70. The number of rotatable bonds is 3. The smallest absolute Gasteiger partial charge is 0.101 e. The third kappa shape index (κ3) is 2.50. The molecule has 0 aromatic carbocycles. The van der Waals surface area contributed by atoms with E-state index in [1.54, 1.807) is 0 Å². The van der Waals surface area contributed by atoms with Crippen LogP contribution in [0.15, 0.2) is 11.6 Å².